The number of carbonyl (C=O) groups is 1. The zero-order chi connectivity index (χ0) is 22.7. The Kier molecular flexibility index (Phi) is 6.99. The number of nitrogens with zero attached hydrogens (tertiary/aromatic N) is 2. The van der Waals surface area contributed by atoms with Gasteiger partial charge in [0, 0.05) is 44.5 Å². The lowest BCUT2D eigenvalue weighted by Gasteiger charge is -2.41. The fourth-order valence-electron chi connectivity index (χ4n) is 6.00. The highest BCUT2D eigenvalue weighted by Crippen LogP contribution is 2.49. The predicted octanol–water partition coefficient (Wildman–Crippen LogP) is 5.47. The molecule has 6 heteroatoms. The second kappa shape index (κ2) is 9.74. The molecule has 1 aliphatic carbocycles. The summed E-state index contributed by atoms with van der Waals surface area (Å²) in [5.74, 6) is 1.50. The zero-order valence-corrected chi connectivity index (χ0v) is 19.9. The van der Waals surface area contributed by atoms with Gasteiger partial charge in [-0.15, -0.1) is 0 Å². The van der Waals surface area contributed by atoms with E-state index in [1.54, 1.807) is 12.0 Å². The molecule has 1 saturated carbocycles. The van der Waals surface area contributed by atoms with Crippen molar-refractivity contribution in [2.75, 3.05) is 38.2 Å². The first kappa shape index (κ1) is 23.0. The SMILES string of the molecule is CCC1(CC)CCC(c2cc(N3C=C(OC)CC3)ccc2[C@@H]2CNCCN2C(=O)O)CC1. The van der Waals surface area contributed by atoms with Crippen molar-refractivity contribution in [2.24, 2.45) is 5.41 Å². The summed E-state index contributed by atoms with van der Waals surface area (Å²) in [6, 6.07) is 6.57. The summed E-state index contributed by atoms with van der Waals surface area (Å²) in [4.78, 5) is 15.9. The average molecular weight is 442 g/mol. The molecule has 1 aromatic carbocycles. The number of benzene rings is 1. The molecule has 1 amide bonds. The Morgan fingerprint density at radius 2 is 1.94 bits per heavy atom. The van der Waals surface area contributed by atoms with Crippen LogP contribution in [-0.2, 0) is 4.74 Å². The molecule has 1 atom stereocenters. The van der Waals surface area contributed by atoms with Crippen LogP contribution in [0.15, 0.2) is 30.2 Å². The quantitative estimate of drug-likeness (QED) is 0.613. The van der Waals surface area contributed by atoms with Crippen LogP contribution < -0.4 is 10.2 Å². The predicted molar refractivity (Wildman–Crippen MR) is 128 cm³/mol. The van der Waals surface area contributed by atoms with Crippen LogP contribution in [0.4, 0.5) is 10.5 Å². The minimum absolute atomic E-state index is 0.127. The molecule has 32 heavy (non-hydrogen) atoms. The van der Waals surface area contributed by atoms with Crippen molar-refractivity contribution in [2.45, 2.75) is 70.8 Å². The lowest BCUT2D eigenvalue weighted by atomic mass is 9.65. The van der Waals surface area contributed by atoms with E-state index in [-0.39, 0.29) is 6.04 Å². The van der Waals surface area contributed by atoms with Crippen molar-refractivity contribution in [1.29, 1.82) is 0 Å². The van der Waals surface area contributed by atoms with Crippen LogP contribution in [0.1, 0.15) is 81.9 Å². The lowest BCUT2D eigenvalue weighted by molar-refractivity contribution is 0.111. The second-order valence-electron chi connectivity index (χ2n) is 9.73. The van der Waals surface area contributed by atoms with E-state index in [1.165, 1.54) is 55.3 Å². The molecule has 3 aliphatic rings. The fraction of sp³-hybridized carbons (Fsp3) is 0.654. The normalized spacial score (nSPS) is 23.8. The van der Waals surface area contributed by atoms with E-state index >= 15 is 0 Å². The molecule has 0 aromatic heterocycles. The minimum Gasteiger partial charge on any atom is -0.500 e. The van der Waals surface area contributed by atoms with Crippen LogP contribution in [-0.4, -0.2) is 49.4 Å². The first-order chi connectivity index (χ1) is 15.5. The molecule has 1 saturated heterocycles. The Morgan fingerprint density at radius 3 is 2.56 bits per heavy atom. The molecule has 2 fully saturated rings. The van der Waals surface area contributed by atoms with Gasteiger partial charge in [0.15, 0.2) is 0 Å². The summed E-state index contributed by atoms with van der Waals surface area (Å²) in [5.41, 5.74) is 4.20. The summed E-state index contributed by atoms with van der Waals surface area (Å²) >= 11 is 0. The highest BCUT2D eigenvalue weighted by atomic mass is 16.5. The van der Waals surface area contributed by atoms with Crippen LogP contribution in [0, 0.1) is 5.41 Å². The molecule has 6 nitrogen and oxygen atoms in total. The van der Waals surface area contributed by atoms with E-state index in [0.717, 1.165) is 18.7 Å². The van der Waals surface area contributed by atoms with E-state index in [2.05, 4.69) is 48.5 Å². The average Bonchev–Trinajstić information content (AvgIpc) is 3.33. The van der Waals surface area contributed by atoms with Gasteiger partial charge in [0.2, 0.25) is 0 Å². The maximum atomic E-state index is 12.0. The number of amides is 1. The fourth-order valence-corrected chi connectivity index (χ4v) is 6.00. The van der Waals surface area contributed by atoms with Crippen molar-refractivity contribution in [3.8, 4) is 0 Å². The molecule has 2 heterocycles. The van der Waals surface area contributed by atoms with Crippen molar-refractivity contribution in [3.05, 3.63) is 41.3 Å². The van der Waals surface area contributed by atoms with Gasteiger partial charge >= 0.3 is 6.09 Å². The number of carboxylic acid groups (broad SMARTS) is 1. The van der Waals surface area contributed by atoms with E-state index < -0.39 is 6.09 Å². The van der Waals surface area contributed by atoms with Crippen LogP contribution in [0.25, 0.3) is 0 Å². The summed E-state index contributed by atoms with van der Waals surface area (Å²) < 4.78 is 5.46. The van der Waals surface area contributed by atoms with E-state index in [4.69, 9.17) is 4.74 Å². The summed E-state index contributed by atoms with van der Waals surface area (Å²) in [6.45, 7) is 7.52. The van der Waals surface area contributed by atoms with Crippen molar-refractivity contribution >= 4 is 11.8 Å². The summed E-state index contributed by atoms with van der Waals surface area (Å²) in [6.07, 6.45) is 9.60. The van der Waals surface area contributed by atoms with Gasteiger partial charge in [-0.25, -0.2) is 4.79 Å². The van der Waals surface area contributed by atoms with Crippen LogP contribution >= 0.6 is 0 Å². The molecule has 0 bridgehead atoms. The zero-order valence-electron chi connectivity index (χ0n) is 19.9. The third-order valence-corrected chi connectivity index (χ3v) is 8.40. The molecule has 1 aromatic rings. The maximum absolute atomic E-state index is 12.0. The standard InChI is InChI=1S/C26H39N3O3/c1-4-26(5-2)11-8-19(9-12-26)23-16-20(28-14-10-21(18-28)32-3)6-7-22(23)24-17-27-13-15-29(24)25(30)31/h6-7,16,18-19,24,27H,4-5,8-15,17H2,1-3H3,(H,30,31)/t24-/m0/s1. The number of hydrogen-bond donors (Lipinski definition) is 2. The highest BCUT2D eigenvalue weighted by molar-refractivity contribution is 5.66. The molecular weight excluding hydrogens is 402 g/mol. The highest BCUT2D eigenvalue weighted by Gasteiger charge is 2.36. The van der Waals surface area contributed by atoms with E-state index in [9.17, 15) is 9.90 Å². The number of nitrogens with one attached hydrogen (secondary N) is 1. The smallest absolute Gasteiger partial charge is 0.407 e. The summed E-state index contributed by atoms with van der Waals surface area (Å²) in [5, 5.41) is 13.3. The van der Waals surface area contributed by atoms with Gasteiger partial charge in [-0.2, -0.15) is 0 Å². The molecular formula is C26H39N3O3. The molecule has 0 unspecified atom stereocenters. The number of ether oxygens (including phenoxy) is 1. The van der Waals surface area contributed by atoms with Crippen molar-refractivity contribution in [3.63, 3.8) is 0 Å². The molecule has 2 N–H and O–H groups in total. The topological polar surface area (TPSA) is 65.0 Å². The van der Waals surface area contributed by atoms with Crippen molar-refractivity contribution < 1.29 is 14.6 Å². The van der Waals surface area contributed by atoms with Gasteiger partial charge in [0.1, 0.15) is 5.76 Å². The minimum atomic E-state index is -0.821. The van der Waals surface area contributed by atoms with E-state index in [1.807, 2.05) is 0 Å². The first-order valence-electron chi connectivity index (χ1n) is 12.4. The Balaban J connectivity index is 1.68. The van der Waals surface area contributed by atoms with Gasteiger partial charge in [-0.3, -0.25) is 4.90 Å². The Hall–Kier alpha value is -2.21. The number of rotatable bonds is 6. The van der Waals surface area contributed by atoms with Gasteiger partial charge in [0.25, 0.3) is 0 Å². The third-order valence-electron chi connectivity index (χ3n) is 8.40. The Labute approximate surface area is 192 Å². The largest absolute Gasteiger partial charge is 0.500 e. The van der Waals surface area contributed by atoms with Crippen LogP contribution in [0.5, 0.6) is 0 Å². The van der Waals surface area contributed by atoms with Crippen LogP contribution in [0.3, 0.4) is 0 Å². The molecule has 0 radical (unpaired) electrons. The van der Waals surface area contributed by atoms with Crippen LogP contribution in [0.2, 0.25) is 0 Å². The number of hydrogen-bond acceptors (Lipinski definition) is 4. The Morgan fingerprint density at radius 1 is 1.19 bits per heavy atom. The lowest BCUT2D eigenvalue weighted by Crippen LogP contribution is -2.48. The Bertz CT molecular complexity index is 839. The molecule has 2 aliphatic heterocycles. The molecule has 176 valence electrons. The second-order valence-corrected chi connectivity index (χ2v) is 9.73. The van der Waals surface area contributed by atoms with Gasteiger partial charge in [-0.1, -0.05) is 32.8 Å². The number of methoxy groups -OCH3 is 1. The first-order valence-corrected chi connectivity index (χ1v) is 12.4. The van der Waals surface area contributed by atoms with Gasteiger partial charge < -0.3 is 20.1 Å². The molecule has 0 spiro atoms. The number of piperazine rings is 1. The summed E-state index contributed by atoms with van der Waals surface area (Å²) in [7, 11) is 1.73. The third kappa shape index (κ3) is 4.47. The number of anilines is 1. The van der Waals surface area contributed by atoms with Gasteiger partial charge in [0.05, 0.1) is 13.2 Å². The van der Waals surface area contributed by atoms with E-state index in [0.29, 0.717) is 31.0 Å². The maximum Gasteiger partial charge on any atom is 0.407 e. The monoisotopic (exact) mass is 441 g/mol. The molecule has 4 rings (SSSR count). The van der Waals surface area contributed by atoms with Crippen molar-refractivity contribution in [1.82, 2.24) is 10.2 Å². The van der Waals surface area contributed by atoms with Gasteiger partial charge in [-0.05, 0) is 60.3 Å².